The van der Waals surface area contributed by atoms with Crippen molar-refractivity contribution < 1.29 is 9.90 Å². The van der Waals surface area contributed by atoms with Gasteiger partial charge in [-0.2, -0.15) is 0 Å². The van der Waals surface area contributed by atoms with E-state index in [1.165, 1.54) is 0 Å². The van der Waals surface area contributed by atoms with Crippen molar-refractivity contribution in [2.75, 3.05) is 0 Å². The lowest BCUT2D eigenvalue weighted by atomic mass is 9.63. The van der Waals surface area contributed by atoms with Gasteiger partial charge in [0.05, 0.1) is 5.92 Å². The number of nitrogens with one attached hydrogen (secondary N) is 1. The average molecular weight is 451 g/mol. The van der Waals surface area contributed by atoms with Gasteiger partial charge in [0, 0.05) is 23.0 Å². The largest absolute Gasteiger partial charge is 0.373 e. The highest BCUT2D eigenvalue weighted by Crippen LogP contribution is 2.52. The molecule has 4 nitrogen and oxygen atoms in total. The van der Waals surface area contributed by atoms with E-state index in [2.05, 4.69) is 81.5 Å². The number of hydrogen-bond donors (Lipinski definition) is 2. The number of amides is 1. The maximum atomic E-state index is 14.1. The first-order valence-electron chi connectivity index (χ1n) is 13.4. The molecule has 2 aliphatic rings. The summed E-state index contributed by atoms with van der Waals surface area (Å²) in [5, 5.41) is 15.5. The van der Waals surface area contributed by atoms with E-state index < -0.39 is 6.23 Å². The van der Waals surface area contributed by atoms with Gasteiger partial charge < -0.3 is 15.3 Å². The van der Waals surface area contributed by atoms with E-state index in [-0.39, 0.29) is 45.7 Å². The van der Waals surface area contributed by atoms with Crippen molar-refractivity contribution in [3.8, 4) is 0 Å². The quantitative estimate of drug-likeness (QED) is 0.429. The van der Waals surface area contributed by atoms with Crippen molar-refractivity contribution in [1.82, 2.24) is 10.2 Å². The summed E-state index contributed by atoms with van der Waals surface area (Å²) in [6.45, 7) is 24.9. The lowest BCUT2D eigenvalue weighted by Crippen LogP contribution is -2.63. The Balaban J connectivity index is 2.46. The first-order valence-corrected chi connectivity index (χ1v) is 13.4. The van der Waals surface area contributed by atoms with E-state index in [4.69, 9.17) is 0 Å². The van der Waals surface area contributed by atoms with E-state index in [0.29, 0.717) is 5.92 Å². The minimum Gasteiger partial charge on any atom is -0.373 e. The highest BCUT2D eigenvalue weighted by molar-refractivity contribution is 5.83. The number of piperidine rings is 1. The van der Waals surface area contributed by atoms with E-state index in [1.807, 2.05) is 4.90 Å². The SMILES string of the molecule is CCC(C)(CC)C(C)CC1C(O)N(C2CC(C)(C)NC(C)(C)C2)C(=O)C1C(C)(CC)CC. The van der Waals surface area contributed by atoms with Gasteiger partial charge in [0.1, 0.15) is 6.23 Å². The van der Waals surface area contributed by atoms with Crippen molar-refractivity contribution in [1.29, 1.82) is 0 Å². The van der Waals surface area contributed by atoms with E-state index in [0.717, 1.165) is 44.9 Å². The maximum Gasteiger partial charge on any atom is 0.228 e. The second-order valence-electron chi connectivity index (χ2n) is 13.1. The molecule has 4 unspecified atom stereocenters. The van der Waals surface area contributed by atoms with E-state index in [9.17, 15) is 9.90 Å². The topological polar surface area (TPSA) is 52.6 Å². The van der Waals surface area contributed by atoms with Crippen molar-refractivity contribution in [2.45, 2.75) is 144 Å². The van der Waals surface area contributed by atoms with Gasteiger partial charge in [0.25, 0.3) is 0 Å². The summed E-state index contributed by atoms with van der Waals surface area (Å²) in [4.78, 5) is 16.1. The Morgan fingerprint density at radius 3 is 1.88 bits per heavy atom. The molecule has 0 bridgehead atoms. The molecule has 188 valence electrons. The molecule has 2 N–H and O–H groups in total. The third-order valence-electron chi connectivity index (χ3n) is 9.98. The molecule has 0 saturated carbocycles. The molecule has 32 heavy (non-hydrogen) atoms. The minimum absolute atomic E-state index is 0.000866. The fraction of sp³-hybridized carbons (Fsp3) is 0.964. The van der Waals surface area contributed by atoms with Crippen molar-refractivity contribution in [3.63, 3.8) is 0 Å². The monoisotopic (exact) mass is 450 g/mol. The summed E-state index contributed by atoms with van der Waals surface area (Å²) in [6.07, 6.45) is 6.19. The van der Waals surface area contributed by atoms with Crippen LogP contribution in [0.25, 0.3) is 0 Å². The molecule has 2 saturated heterocycles. The number of aliphatic hydroxyl groups is 1. The van der Waals surface area contributed by atoms with Crippen LogP contribution in [0.5, 0.6) is 0 Å². The summed E-state index contributed by atoms with van der Waals surface area (Å²) >= 11 is 0. The Bertz CT molecular complexity index is 632. The van der Waals surface area contributed by atoms with Gasteiger partial charge in [0.2, 0.25) is 5.91 Å². The Kier molecular flexibility index (Phi) is 8.26. The van der Waals surface area contributed by atoms with Crippen molar-refractivity contribution in [2.24, 2.45) is 28.6 Å². The molecule has 0 spiro atoms. The number of aliphatic hydroxyl groups excluding tert-OH is 1. The van der Waals surface area contributed by atoms with Crippen LogP contribution in [0.4, 0.5) is 0 Å². The van der Waals surface area contributed by atoms with Crippen LogP contribution in [-0.2, 0) is 4.79 Å². The fourth-order valence-corrected chi connectivity index (χ4v) is 7.12. The zero-order valence-corrected chi connectivity index (χ0v) is 23.1. The lowest BCUT2D eigenvalue weighted by molar-refractivity contribution is -0.144. The summed E-state index contributed by atoms with van der Waals surface area (Å²) in [6, 6.07) is 0.0771. The third-order valence-corrected chi connectivity index (χ3v) is 9.98. The third kappa shape index (κ3) is 5.22. The molecular formula is C28H54N2O2. The van der Waals surface area contributed by atoms with Gasteiger partial charge >= 0.3 is 0 Å². The molecule has 2 aliphatic heterocycles. The van der Waals surface area contributed by atoms with Crippen LogP contribution in [0.15, 0.2) is 0 Å². The summed E-state index contributed by atoms with van der Waals surface area (Å²) in [7, 11) is 0. The van der Waals surface area contributed by atoms with Crippen LogP contribution >= 0.6 is 0 Å². The van der Waals surface area contributed by atoms with Gasteiger partial charge in [-0.25, -0.2) is 0 Å². The lowest BCUT2D eigenvalue weighted by Gasteiger charge is -2.49. The molecule has 0 aromatic rings. The number of hydrogen-bond acceptors (Lipinski definition) is 3. The minimum atomic E-state index is -0.681. The maximum absolute atomic E-state index is 14.1. The molecule has 0 aromatic carbocycles. The van der Waals surface area contributed by atoms with Crippen LogP contribution in [0, 0.1) is 28.6 Å². The number of nitrogens with zero attached hydrogens (tertiary/aromatic N) is 1. The molecular weight excluding hydrogens is 396 g/mol. The summed E-state index contributed by atoms with van der Waals surface area (Å²) in [5.74, 6) is 0.565. The average Bonchev–Trinajstić information content (AvgIpc) is 2.94. The van der Waals surface area contributed by atoms with E-state index in [1.54, 1.807) is 0 Å². The predicted octanol–water partition coefficient (Wildman–Crippen LogP) is 6.37. The molecule has 0 aliphatic carbocycles. The summed E-state index contributed by atoms with van der Waals surface area (Å²) in [5.41, 5.74) is 0.0441. The molecule has 0 radical (unpaired) electrons. The standard InChI is InChI=1S/C28H54N2O2/c1-12-27(10,13-2)19(5)16-21-22(28(11,14-3)15-4)24(32)30(23(21)31)20-17-25(6,7)29-26(8,9)18-20/h19-23,29,31H,12-18H2,1-11H3. The highest BCUT2D eigenvalue weighted by atomic mass is 16.3. The number of carbonyl (C=O) groups is 1. The van der Waals surface area contributed by atoms with Gasteiger partial charge in [-0.1, -0.05) is 61.3 Å². The Morgan fingerprint density at radius 2 is 1.47 bits per heavy atom. The zero-order valence-electron chi connectivity index (χ0n) is 23.1. The fourth-order valence-electron chi connectivity index (χ4n) is 7.12. The van der Waals surface area contributed by atoms with Crippen molar-refractivity contribution in [3.05, 3.63) is 0 Å². The van der Waals surface area contributed by atoms with Gasteiger partial charge in [-0.05, 0) is 76.5 Å². The van der Waals surface area contributed by atoms with Crippen LogP contribution < -0.4 is 5.32 Å². The van der Waals surface area contributed by atoms with Crippen LogP contribution in [0.3, 0.4) is 0 Å². The number of likely N-dealkylation sites (tertiary alicyclic amines) is 1. The van der Waals surface area contributed by atoms with Crippen molar-refractivity contribution >= 4 is 5.91 Å². The molecule has 4 heteroatoms. The summed E-state index contributed by atoms with van der Waals surface area (Å²) < 4.78 is 0. The first-order chi connectivity index (χ1) is 14.6. The Labute approximate surface area is 199 Å². The second kappa shape index (κ2) is 9.56. The Morgan fingerprint density at radius 1 is 1.00 bits per heavy atom. The molecule has 2 heterocycles. The molecule has 2 fully saturated rings. The normalized spacial score (nSPS) is 30.1. The van der Waals surface area contributed by atoms with Crippen LogP contribution in [-0.4, -0.2) is 39.3 Å². The number of rotatable bonds is 9. The predicted molar refractivity (Wildman–Crippen MR) is 135 cm³/mol. The molecule has 4 atom stereocenters. The van der Waals surface area contributed by atoms with Gasteiger partial charge in [-0.3, -0.25) is 4.79 Å². The zero-order chi connectivity index (χ0) is 24.7. The van der Waals surface area contributed by atoms with Crippen LogP contribution in [0.2, 0.25) is 0 Å². The van der Waals surface area contributed by atoms with Gasteiger partial charge in [0.15, 0.2) is 0 Å². The van der Waals surface area contributed by atoms with Crippen LogP contribution in [0.1, 0.15) is 121 Å². The number of carbonyl (C=O) groups excluding carboxylic acids is 1. The van der Waals surface area contributed by atoms with Gasteiger partial charge in [-0.15, -0.1) is 0 Å². The molecule has 2 rings (SSSR count). The smallest absolute Gasteiger partial charge is 0.228 e. The molecule has 1 amide bonds. The molecule has 0 aromatic heterocycles. The first kappa shape index (κ1) is 27.6. The van der Waals surface area contributed by atoms with E-state index >= 15 is 0 Å². The highest BCUT2D eigenvalue weighted by Gasteiger charge is 2.57. The second-order valence-corrected chi connectivity index (χ2v) is 13.1. The Hall–Kier alpha value is -0.610.